The van der Waals surface area contributed by atoms with Gasteiger partial charge in [-0.15, -0.1) is 0 Å². The summed E-state index contributed by atoms with van der Waals surface area (Å²) in [6.45, 7) is 1.78. The lowest BCUT2D eigenvalue weighted by Gasteiger charge is -2.41. The molecule has 2 fully saturated rings. The van der Waals surface area contributed by atoms with Gasteiger partial charge >= 0.3 is 0 Å². The van der Waals surface area contributed by atoms with E-state index in [2.05, 4.69) is 15.9 Å². The van der Waals surface area contributed by atoms with Gasteiger partial charge in [0.1, 0.15) is 0 Å². The molecule has 0 aromatic rings. The summed E-state index contributed by atoms with van der Waals surface area (Å²) in [5.74, 6) is 0.269. The summed E-state index contributed by atoms with van der Waals surface area (Å²) in [4.78, 5) is 14.6. The fourth-order valence-electron chi connectivity index (χ4n) is 2.56. The molecule has 1 heterocycles. The molecular formula is C12H20BrNO2. The number of amides is 1. The number of likely N-dealkylation sites (tertiary alicyclic amines) is 1. The van der Waals surface area contributed by atoms with Gasteiger partial charge in [-0.25, -0.2) is 0 Å². The highest BCUT2D eigenvalue weighted by atomic mass is 79.9. The highest BCUT2D eigenvalue weighted by Gasteiger charge is 2.40. The van der Waals surface area contributed by atoms with Crippen molar-refractivity contribution in [1.82, 2.24) is 4.90 Å². The summed E-state index contributed by atoms with van der Waals surface area (Å²) in [5, 5.41) is 0. The minimum absolute atomic E-state index is 0.129. The number of carbonyl (C=O) groups is 1. The van der Waals surface area contributed by atoms with Gasteiger partial charge in [-0.05, 0) is 32.1 Å². The fourth-order valence-corrected chi connectivity index (χ4v) is 3.24. The zero-order valence-electron chi connectivity index (χ0n) is 9.88. The quantitative estimate of drug-likeness (QED) is 0.747. The predicted octanol–water partition coefficient (Wildman–Crippen LogP) is 2.33. The first-order valence-electron chi connectivity index (χ1n) is 6.12. The Hall–Kier alpha value is -0.0900. The molecule has 1 saturated heterocycles. The van der Waals surface area contributed by atoms with Crippen molar-refractivity contribution in [2.24, 2.45) is 0 Å². The van der Waals surface area contributed by atoms with E-state index in [-0.39, 0.29) is 11.5 Å². The van der Waals surface area contributed by atoms with Gasteiger partial charge in [0.15, 0.2) is 0 Å². The molecule has 2 aliphatic rings. The highest BCUT2D eigenvalue weighted by molar-refractivity contribution is 9.09. The number of nitrogens with zero attached hydrogens (tertiary/aromatic N) is 1. The maximum absolute atomic E-state index is 12.1. The van der Waals surface area contributed by atoms with Crippen LogP contribution in [0.3, 0.4) is 0 Å². The van der Waals surface area contributed by atoms with E-state index in [0.29, 0.717) is 11.2 Å². The maximum Gasteiger partial charge on any atom is 0.225 e. The molecule has 0 N–H and O–H groups in total. The van der Waals surface area contributed by atoms with Crippen molar-refractivity contribution in [3.8, 4) is 0 Å². The molecule has 0 bridgehead atoms. The minimum Gasteiger partial charge on any atom is -0.378 e. The largest absolute Gasteiger partial charge is 0.378 e. The number of hydrogen-bond acceptors (Lipinski definition) is 2. The number of piperidine rings is 1. The monoisotopic (exact) mass is 289 g/mol. The average molecular weight is 290 g/mol. The fraction of sp³-hybridized carbons (Fsp3) is 0.917. The van der Waals surface area contributed by atoms with Gasteiger partial charge in [0.2, 0.25) is 5.91 Å². The Labute approximate surface area is 106 Å². The van der Waals surface area contributed by atoms with E-state index >= 15 is 0 Å². The van der Waals surface area contributed by atoms with Crippen LogP contribution in [-0.2, 0) is 9.53 Å². The van der Waals surface area contributed by atoms with Crippen LogP contribution in [0.4, 0.5) is 0 Å². The highest BCUT2D eigenvalue weighted by Crippen LogP contribution is 2.38. The third-order valence-electron chi connectivity index (χ3n) is 3.89. The molecule has 1 atom stereocenters. The van der Waals surface area contributed by atoms with Crippen LogP contribution in [0.1, 0.15) is 38.5 Å². The van der Waals surface area contributed by atoms with Crippen molar-refractivity contribution in [3.63, 3.8) is 0 Å². The van der Waals surface area contributed by atoms with Crippen LogP contribution in [0.25, 0.3) is 0 Å². The first-order chi connectivity index (χ1) is 7.65. The Bertz CT molecular complexity index is 260. The van der Waals surface area contributed by atoms with Gasteiger partial charge in [0.25, 0.3) is 0 Å². The summed E-state index contributed by atoms with van der Waals surface area (Å²) in [6.07, 6.45) is 6.15. The van der Waals surface area contributed by atoms with Crippen LogP contribution in [0, 0.1) is 0 Å². The first-order valence-corrected chi connectivity index (χ1v) is 7.04. The van der Waals surface area contributed by atoms with Gasteiger partial charge in [0.05, 0.1) is 12.0 Å². The van der Waals surface area contributed by atoms with Crippen molar-refractivity contribution in [3.05, 3.63) is 0 Å². The number of rotatable bonds is 3. The Morgan fingerprint density at radius 1 is 1.50 bits per heavy atom. The first kappa shape index (κ1) is 12.4. The number of halogens is 1. The molecule has 2 rings (SSSR count). The van der Waals surface area contributed by atoms with Gasteiger partial charge in [-0.3, -0.25) is 4.79 Å². The lowest BCUT2D eigenvalue weighted by molar-refractivity contribution is -0.144. The number of methoxy groups -OCH3 is 1. The minimum atomic E-state index is -0.129. The zero-order valence-corrected chi connectivity index (χ0v) is 11.5. The molecule has 1 amide bonds. The lowest BCUT2D eigenvalue weighted by atomic mass is 9.77. The summed E-state index contributed by atoms with van der Waals surface area (Å²) >= 11 is 3.60. The van der Waals surface area contributed by atoms with Crippen LogP contribution in [-0.4, -0.2) is 41.4 Å². The maximum atomic E-state index is 12.1. The topological polar surface area (TPSA) is 29.5 Å². The van der Waals surface area contributed by atoms with Crippen LogP contribution in [0.2, 0.25) is 0 Å². The molecular weight excluding hydrogens is 270 g/mol. The van der Waals surface area contributed by atoms with Gasteiger partial charge in [-0.1, -0.05) is 15.9 Å². The molecule has 0 radical (unpaired) electrons. The predicted molar refractivity (Wildman–Crippen MR) is 66.7 cm³/mol. The van der Waals surface area contributed by atoms with Crippen molar-refractivity contribution in [1.29, 1.82) is 0 Å². The summed E-state index contributed by atoms with van der Waals surface area (Å²) < 4.78 is 5.50. The molecule has 1 aliphatic heterocycles. The molecule has 0 aromatic carbocycles. The number of ether oxygens (including phenoxy) is 1. The molecule has 4 heteroatoms. The molecule has 92 valence electrons. The number of carbonyl (C=O) groups excluding carboxylic acids is 1. The van der Waals surface area contributed by atoms with Crippen LogP contribution < -0.4 is 0 Å². The van der Waals surface area contributed by atoms with E-state index in [1.807, 2.05) is 4.90 Å². The smallest absolute Gasteiger partial charge is 0.225 e. The summed E-state index contributed by atoms with van der Waals surface area (Å²) in [5.41, 5.74) is -0.129. The molecule has 16 heavy (non-hydrogen) atoms. The van der Waals surface area contributed by atoms with Crippen molar-refractivity contribution in [2.45, 2.75) is 49.0 Å². The second-order valence-corrected chi connectivity index (χ2v) is 6.29. The second-order valence-electron chi connectivity index (χ2n) is 5.00. The Balaban J connectivity index is 1.87. The SMILES string of the molecule is COC1(CC(=O)N2CCCC(Br)C2)CCC1. The molecule has 3 nitrogen and oxygen atoms in total. The van der Waals surface area contributed by atoms with E-state index in [4.69, 9.17) is 4.74 Å². The Morgan fingerprint density at radius 3 is 2.75 bits per heavy atom. The standard InChI is InChI=1S/C12H20BrNO2/c1-16-12(5-3-6-12)8-11(15)14-7-2-4-10(13)9-14/h10H,2-9H2,1H3. The second kappa shape index (κ2) is 5.05. The van der Waals surface area contributed by atoms with E-state index in [1.54, 1.807) is 7.11 Å². The normalized spacial score (nSPS) is 28.6. The van der Waals surface area contributed by atoms with Crippen molar-refractivity contribution < 1.29 is 9.53 Å². The van der Waals surface area contributed by atoms with Crippen LogP contribution >= 0.6 is 15.9 Å². The third kappa shape index (κ3) is 2.59. The van der Waals surface area contributed by atoms with E-state index in [0.717, 1.165) is 32.4 Å². The number of hydrogen-bond donors (Lipinski definition) is 0. The van der Waals surface area contributed by atoms with E-state index in [1.165, 1.54) is 12.8 Å². The lowest BCUT2D eigenvalue weighted by Crippen LogP contribution is -2.47. The molecule has 0 spiro atoms. The summed E-state index contributed by atoms with van der Waals surface area (Å²) in [6, 6.07) is 0. The molecule has 0 aromatic heterocycles. The van der Waals surface area contributed by atoms with Crippen molar-refractivity contribution >= 4 is 21.8 Å². The molecule has 1 aliphatic carbocycles. The Kier molecular flexibility index (Phi) is 3.90. The van der Waals surface area contributed by atoms with Gasteiger partial charge in [-0.2, -0.15) is 0 Å². The zero-order chi connectivity index (χ0) is 11.6. The number of alkyl halides is 1. The van der Waals surface area contributed by atoms with Crippen LogP contribution in [0.15, 0.2) is 0 Å². The van der Waals surface area contributed by atoms with E-state index in [9.17, 15) is 4.79 Å². The Morgan fingerprint density at radius 2 is 2.25 bits per heavy atom. The van der Waals surface area contributed by atoms with Crippen molar-refractivity contribution in [2.75, 3.05) is 20.2 Å². The molecule has 1 saturated carbocycles. The average Bonchev–Trinajstić information content (AvgIpc) is 2.23. The summed E-state index contributed by atoms with van der Waals surface area (Å²) in [7, 11) is 1.73. The van der Waals surface area contributed by atoms with Gasteiger partial charge < -0.3 is 9.64 Å². The molecule has 1 unspecified atom stereocenters. The van der Waals surface area contributed by atoms with E-state index < -0.39 is 0 Å². The van der Waals surface area contributed by atoms with Crippen LogP contribution in [0.5, 0.6) is 0 Å². The third-order valence-corrected chi connectivity index (χ3v) is 4.64. The van der Waals surface area contributed by atoms with Gasteiger partial charge in [0, 0.05) is 25.0 Å².